The summed E-state index contributed by atoms with van der Waals surface area (Å²) in [5, 5.41) is 16.6. The van der Waals surface area contributed by atoms with Crippen LogP contribution < -0.4 is 4.74 Å². The topological polar surface area (TPSA) is 91.8 Å². The van der Waals surface area contributed by atoms with Crippen molar-refractivity contribution in [2.24, 2.45) is 0 Å². The number of hydrogen-bond acceptors (Lipinski definition) is 8. The maximum absolute atomic E-state index is 5.30. The predicted molar refractivity (Wildman–Crippen MR) is 92.5 cm³/mol. The fraction of sp³-hybridized carbons (Fsp3) is 0.438. The van der Waals surface area contributed by atoms with Crippen LogP contribution in [0.25, 0.3) is 0 Å². The van der Waals surface area contributed by atoms with Gasteiger partial charge in [0.15, 0.2) is 5.82 Å². The zero-order valence-corrected chi connectivity index (χ0v) is 15.4. The zero-order chi connectivity index (χ0) is 17.9. The standard InChI is InChI=1S/C16H20N6O2S/c1-16(2,3)14-17-13(19-24-14)10-25-15-18-20-21-22(15)9-11-5-7-12(23-4)8-6-11/h5-8H,9-10H2,1-4H3. The van der Waals surface area contributed by atoms with Gasteiger partial charge in [-0.15, -0.1) is 5.10 Å². The third-order valence-corrected chi connectivity index (χ3v) is 4.38. The highest BCUT2D eigenvalue weighted by molar-refractivity contribution is 7.98. The molecular weight excluding hydrogens is 340 g/mol. The van der Waals surface area contributed by atoms with E-state index in [0.717, 1.165) is 11.3 Å². The lowest BCUT2D eigenvalue weighted by Gasteiger charge is -2.10. The van der Waals surface area contributed by atoms with Gasteiger partial charge in [0.05, 0.1) is 19.4 Å². The van der Waals surface area contributed by atoms with Gasteiger partial charge in [0.2, 0.25) is 11.0 Å². The molecule has 0 aliphatic rings. The Labute approximate surface area is 150 Å². The molecule has 9 heteroatoms. The second-order valence-corrected chi connectivity index (χ2v) is 7.46. The molecule has 0 aliphatic heterocycles. The van der Waals surface area contributed by atoms with Crippen molar-refractivity contribution >= 4 is 11.8 Å². The molecule has 2 aromatic heterocycles. The molecule has 0 bridgehead atoms. The molecule has 0 fully saturated rings. The first-order chi connectivity index (χ1) is 12.0. The third kappa shape index (κ3) is 4.36. The zero-order valence-electron chi connectivity index (χ0n) is 14.6. The Morgan fingerprint density at radius 1 is 1.20 bits per heavy atom. The minimum atomic E-state index is -0.161. The highest BCUT2D eigenvalue weighted by Crippen LogP contribution is 2.23. The Kier molecular flexibility index (Phi) is 5.03. The Morgan fingerprint density at radius 2 is 1.96 bits per heavy atom. The normalized spacial score (nSPS) is 11.7. The quantitative estimate of drug-likeness (QED) is 0.620. The van der Waals surface area contributed by atoms with E-state index in [1.807, 2.05) is 45.0 Å². The van der Waals surface area contributed by atoms with E-state index in [1.165, 1.54) is 11.8 Å². The lowest BCUT2D eigenvalue weighted by Crippen LogP contribution is -2.11. The van der Waals surface area contributed by atoms with Gasteiger partial charge in [0.25, 0.3) is 0 Å². The van der Waals surface area contributed by atoms with E-state index in [1.54, 1.807) is 11.8 Å². The predicted octanol–water partition coefficient (Wildman–Crippen LogP) is 2.70. The second-order valence-electron chi connectivity index (χ2n) is 6.52. The third-order valence-electron chi connectivity index (χ3n) is 3.43. The SMILES string of the molecule is COc1ccc(Cn2nnnc2SCc2noc(C(C)(C)C)n2)cc1. The smallest absolute Gasteiger partial charge is 0.232 e. The van der Waals surface area contributed by atoms with Crippen LogP contribution in [-0.4, -0.2) is 37.5 Å². The molecular formula is C16H20N6O2S. The molecule has 3 aromatic rings. The Balaban J connectivity index is 1.64. The first-order valence-electron chi connectivity index (χ1n) is 7.80. The van der Waals surface area contributed by atoms with Gasteiger partial charge in [-0.3, -0.25) is 0 Å². The van der Waals surface area contributed by atoms with Crippen LogP contribution in [0, 0.1) is 0 Å². The molecule has 132 valence electrons. The van der Waals surface area contributed by atoms with Crippen LogP contribution >= 0.6 is 11.8 Å². The molecule has 0 amide bonds. The number of ether oxygens (including phenoxy) is 1. The molecule has 0 atom stereocenters. The molecule has 3 rings (SSSR count). The summed E-state index contributed by atoms with van der Waals surface area (Å²) in [4.78, 5) is 4.42. The fourth-order valence-corrected chi connectivity index (χ4v) is 2.77. The minimum absolute atomic E-state index is 0.161. The van der Waals surface area contributed by atoms with Crippen LogP contribution in [0.4, 0.5) is 0 Å². The Bertz CT molecular complexity index is 822. The van der Waals surface area contributed by atoms with E-state index in [9.17, 15) is 0 Å². The molecule has 25 heavy (non-hydrogen) atoms. The Hall–Kier alpha value is -2.42. The average molecular weight is 360 g/mol. The van der Waals surface area contributed by atoms with Crippen LogP contribution in [0.15, 0.2) is 33.9 Å². The molecule has 2 heterocycles. The second kappa shape index (κ2) is 7.22. The molecule has 0 aliphatic carbocycles. The van der Waals surface area contributed by atoms with E-state index < -0.39 is 0 Å². The summed E-state index contributed by atoms with van der Waals surface area (Å²) in [5.41, 5.74) is 0.927. The van der Waals surface area contributed by atoms with Crippen LogP contribution in [0.2, 0.25) is 0 Å². The highest BCUT2D eigenvalue weighted by Gasteiger charge is 2.22. The van der Waals surface area contributed by atoms with Gasteiger partial charge >= 0.3 is 0 Å². The molecule has 0 N–H and O–H groups in total. The molecule has 0 radical (unpaired) electrons. The van der Waals surface area contributed by atoms with Crippen LogP contribution in [0.1, 0.15) is 38.0 Å². The largest absolute Gasteiger partial charge is 0.497 e. The van der Waals surface area contributed by atoms with E-state index in [2.05, 4.69) is 25.7 Å². The maximum atomic E-state index is 5.30. The van der Waals surface area contributed by atoms with Crippen molar-refractivity contribution in [1.29, 1.82) is 0 Å². The molecule has 0 spiro atoms. The van der Waals surface area contributed by atoms with Crippen molar-refractivity contribution in [2.45, 2.75) is 43.6 Å². The lowest BCUT2D eigenvalue weighted by molar-refractivity contribution is 0.319. The van der Waals surface area contributed by atoms with Gasteiger partial charge in [-0.2, -0.15) is 4.98 Å². The summed E-state index contributed by atoms with van der Waals surface area (Å²) in [6.45, 7) is 6.69. The van der Waals surface area contributed by atoms with Crippen LogP contribution in [0.5, 0.6) is 5.75 Å². The van der Waals surface area contributed by atoms with Crippen molar-refractivity contribution < 1.29 is 9.26 Å². The van der Waals surface area contributed by atoms with Crippen molar-refractivity contribution in [3.63, 3.8) is 0 Å². The van der Waals surface area contributed by atoms with Crippen molar-refractivity contribution in [3.05, 3.63) is 41.5 Å². The highest BCUT2D eigenvalue weighted by atomic mass is 32.2. The van der Waals surface area contributed by atoms with Gasteiger partial charge in [-0.1, -0.05) is 49.8 Å². The number of aromatic nitrogens is 6. The van der Waals surface area contributed by atoms with Crippen molar-refractivity contribution in [3.8, 4) is 5.75 Å². The van der Waals surface area contributed by atoms with Crippen LogP contribution in [-0.2, 0) is 17.7 Å². The molecule has 0 unspecified atom stereocenters. The van der Waals surface area contributed by atoms with Gasteiger partial charge in [-0.25, -0.2) is 4.68 Å². The lowest BCUT2D eigenvalue weighted by atomic mass is 9.97. The van der Waals surface area contributed by atoms with E-state index >= 15 is 0 Å². The summed E-state index contributed by atoms with van der Waals surface area (Å²) < 4.78 is 12.2. The monoisotopic (exact) mass is 360 g/mol. The van der Waals surface area contributed by atoms with E-state index in [4.69, 9.17) is 9.26 Å². The first kappa shape index (κ1) is 17.4. The fourth-order valence-electron chi connectivity index (χ4n) is 2.05. The molecule has 0 saturated carbocycles. The van der Waals surface area contributed by atoms with Crippen LogP contribution in [0.3, 0.4) is 0 Å². The number of rotatable bonds is 6. The van der Waals surface area contributed by atoms with E-state index in [-0.39, 0.29) is 5.41 Å². The first-order valence-corrected chi connectivity index (χ1v) is 8.79. The molecule has 1 aromatic carbocycles. The number of tetrazole rings is 1. The van der Waals surface area contributed by atoms with Gasteiger partial charge in [0, 0.05) is 5.41 Å². The summed E-state index contributed by atoms with van der Waals surface area (Å²) in [6.07, 6.45) is 0. The summed E-state index contributed by atoms with van der Waals surface area (Å²) in [5.74, 6) is 2.62. The number of nitrogens with zero attached hydrogens (tertiary/aromatic N) is 6. The minimum Gasteiger partial charge on any atom is -0.497 e. The van der Waals surface area contributed by atoms with Gasteiger partial charge in [-0.05, 0) is 28.1 Å². The van der Waals surface area contributed by atoms with E-state index in [0.29, 0.717) is 29.2 Å². The van der Waals surface area contributed by atoms with Gasteiger partial charge < -0.3 is 9.26 Å². The number of benzene rings is 1. The number of methoxy groups -OCH3 is 1. The van der Waals surface area contributed by atoms with Gasteiger partial charge in [0.1, 0.15) is 5.75 Å². The summed E-state index contributed by atoms with van der Waals surface area (Å²) in [7, 11) is 1.65. The Morgan fingerprint density at radius 3 is 2.60 bits per heavy atom. The molecule has 0 saturated heterocycles. The average Bonchev–Trinajstić information content (AvgIpc) is 3.22. The van der Waals surface area contributed by atoms with Crippen molar-refractivity contribution in [2.75, 3.05) is 7.11 Å². The summed E-state index contributed by atoms with van der Waals surface area (Å²) in [6, 6.07) is 7.81. The van der Waals surface area contributed by atoms with Crippen molar-refractivity contribution in [1.82, 2.24) is 30.3 Å². The maximum Gasteiger partial charge on any atom is 0.232 e. The number of thioether (sulfide) groups is 1. The molecule has 8 nitrogen and oxygen atoms in total. The summed E-state index contributed by atoms with van der Waals surface area (Å²) >= 11 is 1.47. The number of hydrogen-bond donors (Lipinski definition) is 0.